The van der Waals surface area contributed by atoms with E-state index >= 15 is 0 Å². The van der Waals surface area contributed by atoms with Crippen LogP contribution in [0.3, 0.4) is 0 Å². The fraction of sp³-hybridized carbons (Fsp3) is 0.409. The van der Waals surface area contributed by atoms with Crippen molar-refractivity contribution in [1.29, 1.82) is 0 Å². The molecular weight excluding hydrogens is 370 g/mol. The SMILES string of the molecule is COc1ccc(N(C)CCNC(=S)Nc2ccc(OC3CCCC3)cc2)cc1. The van der Waals surface area contributed by atoms with Crippen LogP contribution < -0.4 is 25.0 Å². The molecule has 0 amide bonds. The highest BCUT2D eigenvalue weighted by Crippen LogP contribution is 2.25. The standard InChI is InChI=1S/C22H29N3O2S/c1-25(18-9-13-19(26-2)14-10-18)16-15-23-22(28)24-17-7-11-21(12-8-17)27-20-5-3-4-6-20/h7-14,20H,3-6,15-16H2,1-2H3,(H2,23,24,28). The fourth-order valence-corrected chi connectivity index (χ4v) is 3.51. The van der Waals surface area contributed by atoms with Crippen LogP contribution in [0.1, 0.15) is 25.7 Å². The smallest absolute Gasteiger partial charge is 0.170 e. The summed E-state index contributed by atoms with van der Waals surface area (Å²) < 4.78 is 11.2. The fourth-order valence-electron chi connectivity index (χ4n) is 3.29. The average molecular weight is 400 g/mol. The molecule has 0 heterocycles. The van der Waals surface area contributed by atoms with Crippen LogP contribution >= 0.6 is 12.2 Å². The number of benzene rings is 2. The summed E-state index contributed by atoms with van der Waals surface area (Å²) >= 11 is 5.40. The molecule has 3 rings (SSSR count). The first-order chi connectivity index (χ1) is 13.6. The Bertz CT molecular complexity index is 743. The van der Waals surface area contributed by atoms with Crippen LogP contribution in [-0.4, -0.2) is 38.5 Å². The Labute approximate surface area is 173 Å². The lowest BCUT2D eigenvalue weighted by Crippen LogP contribution is -2.35. The highest BCUT2D eigenvalue weighted by atomic mass is 32.1. The van der Waals surface area contributed by atoms with E-state index in [1.54, 1.807) is 7.11 Å². The van der Waals surface area contributed by atoms with Crippen molar-refractivity contribution in [2.24, 2.45) is 0 Å². The number of nitrogens with one attached hydrogen (secondary N) is 2. The lowest BCUT2D eigenvalue weighted by atomic mass is 10.2. The molecule has 0 radical (unpaired) electrons. The van der Waals surface area contributed by atoms with Crippen LogP contribution in [0.4, 0.5) is 11.4 Å². The third kappa shape index (κ3) is 6.02. The molecule has 28 heavy (non-hydrogen) atoms. The highest BCUT2D eigenvalue weighted by molar-refractivity contribution is 7.80. The van der Waals surface area contributed by atoms with E-state index in [1.807, 2.05) is 48.5 Å². The number of methoxy groups -OCH3 is 1. The van der Waals surface area contributed by atoms with Gasteiger partial charge in [-0.25, -0.2) is 0 Å². The first-order valence-electron chi connectivity index (χ1n) is 9.81. The van der Waals surface area contributed by atoms with E-state index in [2.05, 4.69) is 22.6 Å². The molecule has 0 unspecified atom stereocenters. The first kappa shape index (κ1) is 20.3. The summed E-state index contributed by atoms with van der Waals surface area (Å²) in [7, 11) is 3.73. The van der Waals surface area contributed by atoms with Gasteiger partial charge in [-0.2, -0.15) is 0 Å². The van der Waals surface area contributed by atoms with Gasteiger partial charge in [0.2, 0.25) is 0 Å². The van der Waals surface area contributed by atoms with Crippen molar-refractivity contribution in [2.75, 3.05) is 37.5 Å². The maximum Gasteiger partial charge on any atom is 0.170 e. The van der Waals surface area contributed by atoms with Crippen LogP contribution in [0.2, 0.25) is 0 Å². The second-order valence-electron chi connectivity index (χ2n) is 7.05. The lowest BCUT2D eigenvalue weighted by Gasteiger charge is -2.20. The van der Waals surface area contributed by atoms with Gasteiger partial charge in [-0.3, -0.25) is 0 Å². The highest BCUT2D eigenvalue weighted by Gasteiger charge is 2.16. The van der Waals surface area contributed by atoms with Crippen molar-refractivity contribution in [1.82, 2.24) is 5.32 Å². The van der Waals surface area contributed by atoms with Gasteiger partial charge < -0.3 is 25.0 Å². The number of anilines is 2. The maximum absolute atomic E-state index is 5.99. The number of hydrogen-bond donors (Lipinski definition) is 2. The van der Waals surface area contributed by atoms with Crippen LogP contribution in [0.15, 0.2) is 48.5 Å². The van der Waals surface area contributed by atoms with Gasteiger partial charge in [0.1, 0.15) is 11.5 Å². The minimum atomic E-state index is 0.379. The van der Waals surface area contributed by atoms with Gasteiger partial charge >= 0.3 is 0 Å². The quantitative estimate of drug-likeness (QED) is 0.640. The van der Waals surface area contributed by atoms with Gasteiger partial charge in [-0.15, -0.1) is 0 Å². The molecule has 2 N–H and O–H groups in total. The van der Waals surface area contributed by atoms with E-state index in [0.29, 0.717) is 11.2 Å². The molecule has 0 aliphatic heterocycles. The molecule has 0 saturated heterocycles. The first-order valence-corrected chi connectivity index (χ1v) is 10.2. The summed E-state index contributed by atoms with van der Waals surface area (Å²) in [5.74, 6) is 1.79. The zero-order valence-electron chi connectivity index (χ0n) is 16.6. The molecule has 1 saturated carbocycles. The third-order valence-electron chi connectivity index (χ3n) is 4.96. The molecule has 2 aromatic rings. The molecule has 0 bridgehead atoms. The van der Waals surface area contributed by atoms with E-state index in [-0.39, 0.29) is 0 Å². The van der Waals surface area contributed by atoms with E-state index in [1.165, 1.54) is 25.7 Å². The Hall–Kier alpha value is -2.47. The molecule has 6 heteroatoms. The largest absolute Gasteiger partial charge is 0.497 e. The number of thiocarbonyl (C=S) groups is 1. The molecule has 0 aromatic heterocycles. The predicted octanol–water partition coefficient (Wildman–Crippen LogP) is 4.44. The lowest BCUT2D eigenvalue weighted by molar-refractivity contribution is 0.210. The molecule has 1 fully saturated rings. The van der Waals surface area contributed by atoms with Gasteiger partial charge in [-0.1, -0.05) is 0 Å². The average Bonchev–Trinajstić information content (AvgIpc) is 3.22. The summed E-state index contributed by atoms with van der Waals surface area (Å²) in [5, 5.41) is 7.09. The number of likely N-dealkylation sites (N-methyl/N-ethyl adjacent to an activating group) is 1. The monoisotopic (exact) mass is 399 g/mol. The van der Waals surface area contributed by atoms with Crippen molar-refractivity contribution >= 4 is 28.7 Å². The minimum Gasteiger partial charge on any atom is -0.497 e. The molecule has 1 aliphatic rings. The topological polar surface area (TPSA) is 45.8 Å². The number of hydrogen-bond acceptors (Lipinski definition) is 4. The number of nitrogens with zero attached hydrogens (tertiary/aromatic N) is 1. The van der Waals surface area contributed by atoms with Gasteiger partial charge in [-0.05, 0) is 86.4 Å². The van der Waals surface area contributed by atoms with E-state index in [0.717, 1.165) is 36.0 Å². The second kappa shape index (κ2) is 10.2. The normalized spacial score (nSPS) is 13.8. The van der Waals surface area contributed by atoms with E-state index < -0.39 is 0 Å². The van der Waals surface area contributed by atoms with Crippen molar-refractivity contribution in [2.45, 2.75) is 31.8 Å². The van der Waals surface area contributed by atoms with Crippen LogP contribution in [0.5, 0.6) is 11.5 Å². The molecule has 0 spiro atoms. The molecule has 1 aliphatic carbocycles. The zero-order valence-corrected chi connectivity index (χ0v) is 17.4. The van der Waals surface area contributed by atoms with Crippen LogP contribution in [0, 0.1) is 0 Å². The summed E-state index contributed by atoms with van der Waals surface area (Å²) in [6.45, 7) is 1.58. The minimum absolute atomic E-state index is 0.379. The summed E-state index contributed by atoms with van der Waals surface area (Å²) in [6, 6.07) is 16.0. The summed E-state index contributed by atoms with van der Waals surface area (Å²) in [6.07, 6.45) is 5.26. The Balaban J connectivity index is 1.38. The van der Waals surface area contributed by atoms with Crippen LogP contribution in [0.25, 0.3) is 0 Å². The Morgan fingerprint density at radius 1 is 1.04 bits per heavy atom. The number of rotatable bonds is 8. The number of ether oxygens (including phenoxy) is 2. The zero-order chi connectivity index (χ0) is 19.8. The van der Waals surface area contributed by atoms with Crippen molar-refractivity contribution < 1.29 is 9.47 Å². The Kier molecular flexibility index (Phi) is 7.37. The second-order valence-corrected chi connectivity index (χ2v) is 7.46. The molecular formula is C22H29N3O2S. The maximum atomic E-state index is 5.99. The van der Waals surface area contributed by atoms with Gasteiger partial charge in [0, 0.05) is 31.5 Å². The molecule has 0 atom stereocenters. The van der Waals surface area contributed by atoms with E-state index in [9.17, 15) is 0 Å². The van der Waals surface area contributed by atoms with Crippen molar-refractivity contribution in [3.63, 3.8) is 0 Å². The van der Waals surface area contributed by atoms with Crippen molar-refractivity contribution in [3.05, 3.63) is 48.5 Å². The predicted molar refractivity (Wildman–Crippen MR) is 120 cm³/mol. The van der Waals surface area contributed by atoms with E-state index in [4.69, 9.17) is 21.7 Å². The summed E-state index contributed by atoms with van der Waals surface area (Å²) in [4.78, 5) is 2.17. The molecule has 150 valence electrons. The van der Waals surface area contributed by atoms with Gasteiger partial charge in [0.25, 0.3) is 0 Å². The van der Waals surface area contributed by atoms with Crippen LogP contribution in [-0.2, 0) is 0 Å². The van der Waals surface area contributed by atoms with Gasteiger partial charge in [0.05, 0.1) is 13.2 Å². The van der Waals surface area contributed by atoms with Crippen molar-refractivity contribution in [3.8, 4) is 11.5 Å². The Morgan fingerprint density at radius 3 is 2.32 bits per heavy atom. The third-order valence-corrected chi connectivity index (χ3v) is 5.21. The summed E-state index contributed by atoms with van der Waals surface area (Å²) in [5.41, 5.74) is 2.10. The molecule has 2 aromatic carbocycles. The Morgan fingerprint density at radius 2 is 1.68 bits per heavy atom. The molecule has 5 nitrogen and oxygen atoms in total. The van der Waals surface area contributed by atoms with Gasteiger partial charge in [0.15, 0.2) is 5.11 Å².